The standard InChI is InChI=1S/C61H60N4O/c1-40-30-31-62-57(32-40)65-53-29-26-43(59(2,3)4)36-52(53)51-28-27-48(38-56(51)65)66-47-21-16-20-46(37-47)63-39-64(55-25-15-14-24-54(55)63)58-49(41-18-12-11-13-19-41)22-17-23-50(58)42-33-44(60(5,6)7)35-45(34-42)61(8,9)10/h11-38H,39H2,1-10H3/i1D3,11D,12D,13D,18D,19D. The van der Waals surface area contributed by atoms with Gasteiger partial charge in [0.25, 0.3) is 0 Å². The second-order valence-corrected chi connectivity index (χ2v) is 20.5. The number of fused-ring (bicyclic) bond motifs is 4. The molecule has 10 rings (SSSR count). The number of anilines is 4. The van der Waals surface area contributed by atoms with E-state index in [4.69, 9.17) is 17.9 Å². The molecule has 0 spiro atoms. The van der Waals surface area contributed by atoms with E-state index in [9.17, 15) is 2.74 Å². The van der Waals surface area contributed by atoms with Crippen LogP contribution in [0.15, 0.2) is 170 Å². The SMILES string of the molecule is [2H]c1c([2H])c([2H])c(-c2cccc(-c3cc(C(C)(C)C)cc(C(C)(C)C)c3)c2N2CN(c3cccc(Oc4ccc5c6cc(C(C)(C)C)ccc6n(-c6cc(C([2H])([2H])[2H])ccn6)c5c4)c3)c3ccccc32)c([2H])c1[2H]. The van der Waals surface area contributed by atoms with E-state index in [1.807, 2.05) is 71.3 Å². The van der Waals surface area contributed by atoms with Gasteiger partial charge in [-0.05, 0) is 117 Å². The number of rotatable bonds is 7. The summed E-state index contributed by atoms with van der Waals surface area (Å²) in [7, 11) is 0. The van der Waals surface area contributed by atoms with Crippen LogP contribution in [-0.2, 0) is 16.2 Å². The Bertz CT molecular complexity index is 3650. The Morgan fingerprint density at radius 2 is 1.21 bits per heavy atom. The Hall–Kier alpha value is -7.11. The monoisotopic (exact) mass is 873 g/mol. The van der Waals surface area contributed by atoms with Gasteiger partial charge in [0.2, 0.25) is 0 Å². The highest BCUT2D eigenvalue weighted by molar-refractivity contribution is 6.10. The summed E-state index contributed by atoms with van der Waals surface area (Å²) < 4.78 is 77.7. The second-order valence-electron chi connectivity index (χ2n) is 20.5. The number of aromatic nitrogens is 2. The fraction of sp³-hybridized carbons (Fsp3) is 0.230. The van der Waals surface area contributed by atoms with Crippen molar-refractivity contribution in [2.45, 2.75) is 85.4 Å². The minimum absolute atomic E-state index is 0.104. The molecule has 66 heavy (non-hydrogen) atoms. The molecule has 2 aromatic heterocycles. The van der Waals surface area contributed by atoms with Crippen molar-refractivity contribution in [2.75, 3.05) is 16.5 Å². The molecule has 0 aliphatic carbocycles. The van der Waals surface area contributed by atoms with Crippen LogP contribution >= 0.6 is 0 Å². The molecule has 7 aromatic carbocycles. The van der Waals surface area contributed by atoms with Gasteiger partial charge >= 0.3 is 0 Å². The molecule has 3 heterocycles. The lowest BCUT2D eigenvalue weighted by Gasteiger charge is -2.29. The van der Waals surface area contributed by atoms with E-state index in [1.165, 1.54) is 11.6 Å². The van der Waals surface area contributed by atoms with Gasteiger partial charge in [0.15, 0.2) is 0 Å². The summed E-state index contributed by atoms with van der Waals surface area (Å²) in [6.07, 6.45) is 1.55. The van der Waals surface area contributed by atoms with E-state index in [-0.39, 0.29) is 39.5 Å². The normalized spacial score (nSPS) is 15.1. The van der Waals surface area contributed by atoms with Gasteiger partial charge in [-0.1, -0.05) is 153 Å². The Balaban J connectivity index is 1.10. The first kappa shape index (κ1) is 34.3. The van der Waals surface area contributed by atoms with E-state index in [0.717, 1.165) is 66.8 Å². The van der Waals surface area contributed by atoms with Crippen LogP contribution in [0, 0.1) is 6.85 Å². The number of aryl methyl sites for hydroxylation is 1. The van der Waals surface area contributed by atoms with Gasteiger partial charge in [0.1, 0.15) is 24.0 Å². The third-order valence-corrected chi connectivity index (χ3v) is 12.7. The Labute approximate surface area is 402 Å². The van der Waals surface area contributed by atoms with Crippen LogP contribution in [0.3, 0.4) is 0 Å². The number of hydrogen-bond donors (Lipinski definition) is 0. The molecule has 0 bridgehead atoms. The number of benzene rings is 7. The van der Waals surface area contributed by atoms with Gasteiger partial charge in [0, 0.05) is 50.0 Å². The molecule has 330 valence electrons. The molecule has 0 atom stereocenters. The van der Waals surface area contributed by atoms with E-state index in [1.54, 1.807) is 12.3 Å². The first-order valence-corrected chi connectivity index (χ1v) is 22.6. The molecule has 0 saturated carbocycles. The summed E-state index contributed by atoms with van der Waals surface area (Å²) in [4.78, 5) is 9.09. The van der Waals surface area contributed by atoms with Crippen LogP contribution in [0.5, 0.6) is 11.5 Å². The van der Waals surface area contributed by atoms with Crippen molar-refractivity contribution in [2.24, 2.45) is 0 Å². The lowest BCUT2D eigenvalue weighted by molar-refractivity contribution is 0.483. The highest BCUT2D eigenvalue weighted by atomic mass is 16.5. The maximum atomic E-state index is 9.23. The van der Waals surface area contributed by atoms with E-state index < -0.39 is 25.0 Å². The van der Waals surface area contributed by atoms with Gasteiger partial charge in [-0.3, -0.25) is 4.57 Å². The number of pyridine rings is 1. The predicted octanol–water partition coefficient (Wildman–Crippen LogP) is 16.8. The van der Waals surface area contributed by atoms with Crippen molar-refractivity contribution in [3.63, 3.8) is 0 Å². The molecule has 0 N–H and O–H groups in total. The number of para-hydroxylation sites is 3. The van der Waals surface area contributed by atoms with Crippen LogP contribution in [0.1, 0.15) is 95.5 Å². The molecule has 0 unspecified atom stereocenters. The summed E-state index contributed by atoms with van der Waals surface area (Å²) in [5.74, 6) is 1.66. The molecular weight excluding hydrogens is 805 g/mol. The minimum Gasteiger partial charge on any atom is -0.457 e. The maximum Gasteiger partial charge on any atom is 0.137 e. The molecule has 0 amide bonds. The minimum atomic E-state index is -2.31. The van der Waals surface area contributed by atoms with Crippen LogP contribution in [0.25, 0.3) is 49.9 Å². The van der Waals surface area contributed by atoms with Crippen molar-refractivity contribution in [1.82, 2.24) is 9.55 Å². The van der Waals surface area contributed by atoms with Crippen LogP contribution < -0.4 is 14.5 Å². The highest BCUT2D eigenvalue weighted by Crippen LogP contribution is 2.51. The third kappa shape index (κ3) is 7.91. The van der Waals surface area contributed by atoms with E-state index in [0.29, 0.717) is 29.5 Å². The first-order valence-electron chi connectivity index (χ1n) is 26.6. The summed E-state index contributed by atoms with van der Waals surface area (Å²) in [5, 5.41) is 2.00. The first-order chi connectivity index (χ1) is 34.8. The lowest BCUT2D eigenvalue weighted by Crippen LogP contribution is -2.25. The third-order valence-electron chi connectivity index (χ3n) is 12.7. The van der Waals surface area contributed by atoms with Crippen molar-refractivity contribution < 1.29 is 15.7 Å². The van der Waals surface area contributed by atoms with E-state index >= 15 is 0 Å². The number of ether oxygens (including phenoxy) is 1. The molecule has 9 aromatic rings. The highest BCUT2D eigenvalue weighted by Gasteiger charge is 2.32. The van der Waals surface area contributed by atoms with Crippen molar-refractivity contribution in [1.29, 1.82) is 0 Å². The molecular formula is C61H60N4O. The zero-order valence-corrected chi connectivity index (χ0v) is 39.2. The zero-order chi connectivity index (χ0) is 53.0. The van der Waals surface area contributed by atoms with Gasteiger partial charge in [-0.2, -0.15) is 0 Å². The summed E-state index contributed by atoms with van der Waals surface area (Å²) in [6.45, 7) is 17.8. The van der Waals surface area contributed by atoms with E-state index in [2.05, 4.69) is 127 Å². The predicted molar refractivity (Wildman–Crippen MR) is 279 cm³/mol. The van der Waals surface area contributed by atoms with Crippen LogP contribution in [0.2, 0.25) is 0 Å². The Morgan fingerprint density at radius 1 is 0.545 bits per heavy atom. The molecule has 1 aliphatic rings. The summed E-state index contributed by atoms with van der Waals surface area (Å²) in [6, 6.07) is 42.4. The van der Waals surface area contributed by atoms with Gasteiger partial charge in [-0.15, -0.1) is 0 Å². The topological polar surface area (TPSA) is 33.5 Å². The van der Waals surface area contributed by atoms with Crippen molar-refractivity contribution in [3.05, 3.63) is 192 Å². The smallest absolute Gasteiger partial charge is 0.137 e. The second kappa shape index (κ2) is 16.1. The van der Waals surface area contributed by atoms with Crippen molar-refractivity contribution in [3.8, 4) is 39.6 Å². The average Bonchev–Trinajstić information content (AvgIpc) is 3.91. The van der Waals surface area contributed by atoms with Gasteiger partial charge < -0.3 is 14.5 Å². The zero-order valence-electron chi connectivity index (χ0n) is 47.2. The molecule has 1 aliphatic heterocycles. The number of hydrogen-bond acceptors (Lipinski definition) is 4. The fourth-order valence-electron chi connectivity index (χ4n) is 9.10. The molecule has 5 heteroatoms. The Kier molecular flexibility index (Phi) is 8.36. The summed E-state index contributed by atoms with van der Waals surface area (Å²) >= 11 is 0. The molecule has 0 radical (unpaired) electrons. The van der Waals surface area contributed by atoms with Gasteiger partial charge in [-0.25, -0.2) is 4.98 Å². The Morgan fingerprint density at radius 3 is 1.91 bits per heavy atom. The van der Waals surface area contributed by atoms with Gasteiger partial charge in [0.05, 0.1) is 34.9 Å². The quantitative estimate of drug-likeness (QED) is 0.160. The molecule has 5 nitrogen and oxygen atoms in total. The average molecular weight is 873 g/mol. The maximum absolute atomic E-state index is 9.23. The van der Waals surface area contributed by atoms with Crippen LogP contribution in [0.4, 0.5) is 22.7 Å². The largest absolute Gasteiger partial charge is 0.457 e. The molecule has 0 fully saturated rings. The van der Waals surface area contributed by atoms with Crippen molar-refractivity contribution >= 4 is 44.6 Å². The number of nitrogens with zero attached hydrogens (tertiary/aromatic N) is 4. The fourth-order valence-corrected chi connectivity index (χ4v) is 9.10. The van der Waals surface area contributed by atoms with Crippen LogP contribution in [-0.4, -0.2) is 16.2 Å². The molecule has 0 saturated heterocycles. The lowest BCUT2D eigenvalue weighted by atomic mass is 9.78. The summed E-state index contributed by atoms with van der Waals surface area (Å²) in [5.41, 5.74) is 10.8.